The number of nitrogens with zero attached hydrogens (tertiary/aromatic N) is 1. The lowest BCUT2D eigenvalue weighted by Gasteiger charge is -2.42. The van der Waals surface area contributed by atoms with Gasteiger partial charge in [0.25, 0.3) is 0 Å². The average molecular weight is 344 g/mol. The summed E-state index contributed by atoms with van der Waals surface area (Å²) in [6.07, 6.45) is 3.05. The molecule has 4 rings (SSSR count). The molecule has 3 aliphatic rings. The van der Waals surface area contributed by atoms with Crippen molar-refractivity contribution >= 4 is 14.0 Å². The first-order valence-electron chi connectivity index (χ1n) is 9.25. The van der Waals surface area contributed by atoms with E-state index in [2.05, 4.69) is 69.4 Å². The molecule has 0 saturated heterocycles. The SMILES string of the molecule is CC(C)(C)[Si](C)(C)O[C@H]1C[C@@H]2C[C@H]1[C@H]1C(c3ccccc3)=NO[C@@H]21. The molecule has 1 aliphatic heterocycles. The van der Waals surface area contributed by atoms with Crippen molar-refractivity contribution < 1.29 is 9.26 Å². The first-order chi connectivity index (χ1) is 11.3. The minimum Gasteiger partial charge on any atom is -0.414 e. The van der Waals surface area contributed by atoms with Gasteiger partial charge in [0.1, 0.15) is 6.10 Å². The number of benzene rings is 1. The van der Waals surface area contributed by atoms with E-state index in [4.69, 9.17) is 9.26 Å². The lowest BCUT2D eigenvalue weighted by Crippen LogP contribution is -2.48. The molecule has 0 radical (unpaired) electrons. The lowest BCUT2D eigenvalue weighted by molar-refractivity contribution is -0.00359. The maximum Gasteiger partial charge on any atom is 0.192 e. The van der Waals surface area contributed by atoms with E-state index in [1.54, 1.807) is 0 Å². The standard InChI is InChI=1S/C20H29NO2Si/c1-20(2,3)24(4,5)23-16-12-14-11-15(16)17-18(21-22-19(14)17)13-9-7-6-8-10-13/h6-10,14-17,19H,11-12H2,1-5H3/t14-,15+,16-,17-,19-/m0/s1. The molecule has 4 heteroatoms. The third-order valence-corrected chi connectivity index (χ3v) is 11.3. The lowest BCUT2D eigenvalue weighted by atomic mass is 9.80. The number of oxime groups is 1. The van der Waals surface area contributed by atoms with Gasteiger partial charge in [0.05, 0.1) is 11.6 Å². The highest BCUT2D eigenvalue weighted by Crippen LogP contribution is 2.55. The van der Waals surface area contributed by atoms with Gasteiger partial charge in [-0.05, 0) is 42.5 Å². The second-order valence-electron chi connectivity index (χ2n) is 9.25. The van der Waals surface area contributed by atoms with Crippen molar-refractivity contribution in [2.45, 2.75) is 64.0 Å². The van der Waals surface area contributed by atoms with E-state index < -0.39 is 8.32 Å². The van der Waals surface area contributed by atoms with Crippen LogP contribution in [0.25, 0.3) is 0 Å². The van der Waals surface area contributed by atoms with Gasteiger partial charge in [-0.3, -0.25) is 0 Å². The van der Waals surface area contributed by atoms with Crippen LogP contribution in [0.1, 0.15) is 39.2 Å². The Balaban J connectivity index is 1.56. The van der Waals surface area contributed by atoms with Crippen molar-refractivity contribution in [2.75, 3.05) is 0 Å². The zero-order valence-corrected chi connectivity index (χ0v) is 16.5. The normalized spacial score (nSPS) is 34.9. The summed E-state index contributed by atoms with van der Waals surface area (Å²) in [5.41, 5.74) is 2.36. The summed E-state index contributed by atoms with van der Waals surface area (Å²) in [6.45, 7) is 11.7. The van der Waals surface area contributed by atoms with Gasteiger partial charge in [-0.25, -0.2) is 0 Å². The predicted octanol–water partition coefficient (Wildman–Crippen LogP) is 4.84. The summed E-state index contributed by atoms with van der Waals surface area (Å²) in [7, 11) is -1.73. The monoisotopic (exact) mass is 343 g/mol. The molecule has 24 heavy (non-hydrogen) atoms. The molecule has 0 spiro atoms. The molecule has 0 unspecified atom stereocenters. The second kappa shape index (κ2) is 5.43. The van der Waals surface area contributed by atoms with Crippen LogP contribution in [0, 0.1) is 17.8 Å². The van der Waals surface area contributed by atoms with E-state index >= 15 is 0 Å². The van der Waals surface area contributed by atoms with Crippen LogP contribution in [0.4, 0.5) is 0 Å². The molecule has 0 aromatic heterocycles. The third-order valence-electron chi connectivity index (χ3n) is 6.78. The van der Waals surface area contributed by atoms with Crippen molar-refractivity contribution in [3.05, 3.63) is 35.9 Å². The minimum atomic E-state index is -1.73. The van der Waals surface area contributed by atoms with Crippen LogP contribution < -0.4 is 0 Å². The van der Waals surface area contributed by atoms with Crippen molar-refractivity contribution in [1.82, 2.24) is 0 Å². The Bertz CT molecular complexity index is 649. The molecule has 2 fully saturated rings. The first kappa shape index (κ1) is 16.3. The Hall–Kier alpha value is -1.13. The summed E-state index contributed by atoms with van der Waals surface area (Å²) < 4.78 is 6.82. The smallest absolute Gasteiger partial charge is 0.192 e. The second-order valence-corrected chi connectivity index (χ2v) is 14.0. The Morgan fingerprint density at radius 3 is 2.50 bits per heavy atom. The molecule has 5 atom stereocenters. The first-order valence-corrected chi connectivity index (χ1v) is 12.2. The van der Waals surface area contributed by atoms with Crippen LogP contribution in [-0.2, 0) is 9.26 Å². The van der Waals surface area contributed by atoms with Gasteiger partial charge in [0.15, 0.2) is 8.32 Å². The largest absolute Gasteiger partial charge is 0.414 e. The topological polar surface area (TPSA) is 30.8 Å². The predicted molar refractivity (Wildman–Crippen MR) is 99.6 cm³/mol. The van der Waals surface area contributed by atoms with Gasteiger partial charge in [-0.2, -0.15) is 0 Å². The highest BCUT2D eigenvalue weighted by molar-refractivity contribution is 6.74. The number of fused-ring (bicyclic) bond motifs is 5. The molecule has 1 heterocycles. The molecule has 130 valence electrons. The maximum absolute atomic E-state index is 6.82. The summed E-state index contributed by atoms with van der Waals surface area (Å²) >= 11 is 0. The van der Waals surface area contributed by atoms with Gasteiger partial charge in [0.2, 0.25) is 0 Å². The molecule has 1 aromatic carbocycles. The summed E-state index contributed by atoms with van der Waals surface area (Å²) in [5.74, 6) is 1.59. The fourth-order valence-electron chi connectivity index (χ4n) is 4.49. The van der Waals surface area contributed by atoms with Crippen molar-refractivity contribution in [3.63, 3.8) is 0 Å². The summed E-state index contributed by atoms with van der Waals surface area (Å²) in [6, 6.07) is 10.5. The molecule has 1 aromatic rings. The summed E-state index contributed by atoms with van der Waals surface area (Å²) in [4.78, 5) is 5.87. The van der Waals surface area contributed by atoms with Gasteiger partial charge in [0, 0.05) is 12.0 Å². The van der Waals surface area contributed by atoms with Crippen LogP contribution in [0.5, 0.6) is 0 Å². The molecule has 2 saturated carbocycles. The van der Waals surface area contributed by atoms with Crippen molar-refractivity contribution in [3.8, 4) is 0 Å². The Kier molecular flexibility index (Phi) is 3.70. The van der Waals surface area contributed by atoms with Crippen LogP contribution >= 0.6 is 0 Å². The Morgan fingerprint density at radius 1 is 1.12 bits per heavy atom. The zero-order valence-electron chi connectivity index (χ0n) is 15.5. The number of rotatable bonds is 3. The zero-order chi connectivity index (χ0) is 17.1. The van der Waals surface area contributed by atoms with Crippen LogP contribution in [-0.4, -0.2) is 26.2 Å². The minimum absolute atomic E-state index is 0.261. The van der Waals surface area contributed by atoms with Crippen molar-refractivity contribution in [2.24, 2.45) is 22.9 Å². The Morgan fingerprint density at radius 2 is 1.83 bits per heavy atom. The van der Waals surface area contributed by atoms with Crippen LogP contribution in [0.15, 0.2) is 35.5 Å². The Labute approximate surface area is 146 Å². The average Bonchev–Trinajstić information content (AvgIpc) is 3.17. The summed E-state index contributed by atoms with van der Waals surface area (Å²) in [5, 5.41) is 4.74. The highest BCUT2D eigenvalue weighted by Gasteiger charge is 2.60. The fourth-order valence-corrected chi connectivity index (χ4v) is 5.87. The van der Waals surface area contributed by atoms with Gasteiger partial charge < -0.3 is 9.26 Å². The van der Waals surface area contributed by atoms with Crippen LogP contribution in [0.2, 0.25) is 18.1 Å². The molecular formula is C20H29NO2Si. The molecule has 2 aliphatic carbocycles. The number of hydrogen-bond acceptors (Lipinski definition) is 3. The molecule has 3 nitrogen and oxygen atoms in total. The van der Waals surface area contributed by atoms with Gasteiger partial charge >= 0.3 is 0 Å². The highest BCUT2D eigenvalue weighted by atomic mass is 28.4. The number of hydrogen-bond donors (Lipinski definition) is 0. The van der Waals surface area contributed by atoms with E-state index in [1.165, 1.54) is 12.0 Å². The molecule has 2 bridgehead atoms. The fraction of sp³-hybridized carbons (Fsp3) is 0.650. The molecule has 0 N–H and O–H groups in total. The van der Waals surface area contributed by atoms with E-state index in [9.17, 15) is 0 Å². The van der Waals surface area contributed by atoms with E-state index in [0.29, 0.717) is 23.9 Å². The quantitative estimate of drug-likeness (QED) is 0.736. The van der Waals surface area contributed by atoms with E-state index in [-0.39, 0.29) is 11.1 Å². The van der Waals surface area contributed by atoms with Gasteiger partial charge in [-0.1, -0.05) is 56.3 Å². The van der Waals surface area contributed by atoms with Gasteiger partial charge in [-0.15, -0.1) is 0 Å². The molecular weight excluding hydrogens is 314 g/mol. The maximum atomic E-state index is 6.82. The molecule has 0 amide bonds. The van der Waals surface area contributed by atoms with E-state index in [1.807, 2.05) is 0 Å². The van der Waals surface area contributed by atoms with Crippen LogP contribution in [0.3, 0.4) is 0 Å². The van der Waals surface area contributed by atoms with E-state index in [0.717, 1.165) is 12.1 Å². The van der Waals surface area contributed by atoms with Crippen molar-refractivity contribution in [1.29, 1.82) is 0 Å². The third kappa shape index (κ3) is 2.46.